The molecule has 0 aliphatic heterocycles. The Balaban J connectivity index is 2.55. The van der Waals surface area contributed by atoms with Crippen LogP contribution in [0.4, 0.5) is 11.5 Å². The summed E-state index contributed by atoms with van der Waals surface area (Å²) >= 11 is 0. The van der Waals surface area contributed by atoms with Crippen molar-refractivity contribution in [2.24, 2.45) is 0 Å². The second-order valence-corrected chi connectivity index (χ2v) is 5.35. The minimum Gasteiger partial charge on any atom is -0.476 e. The van der Waals surface area contributed by atoms with Crippen LogP contribution in [0.3, 0.4) is 0 Å². The van der Waals surface area contributed by atoms with E-state index in [0.717, 1.165) is 45.4 Å². The van der Waals surface area contributed by atoms with Crippen LogP contribution in [0.1, 0.15) is 45.9 Å². The predicted octanol–water partition coefficient (Wildman–Crippen LogP) is 2.69. The molecule has 126 valence electrons. The number of rotatable bonds is 11. The van der Waals surface area contributed by atoms with Crippen LogP contribution >= 0.6 is 0 Å². The van der Waals surface area contributed by atoms with Crippen LogP contribution in [0.15, 0.2) is 0 Å². The van der Waals surface area contributed by atoms with Crippen molar-refractivity contribution in [2.75, 3.05) is 43.8 Å². The van der Waals surface area contributed by atoms with Crippen LogP contribution < -0.4 is 15.8 Å². The van der Waals surface area contributed by atoms with Crippen LogP contribution in [0.2, 0.25) is 0 Å². The van der Waals surface area contributed by atoms with E-state index in [2.05, 4.69) is 41.0 Å². The molecule has 0 amide bonds. The van der Waals surface area contributed by atoms with Crippen LogP contribution in [0, 0.1) is 6.92 Å². The zero-order valence-electron chi connectivity index (χ0n) is 14.5. The van der Waals surface area contributed by atoms with Crippen molar-refractivity contribution in [3.05, 3.63) is 5.82 Å². The van der Waals surface area contributed by atoms with Gasteiger partial charge in [-0.3, -0.25) is 0 Å². The van der Waals surface area contributed by atoms with E-state index >= 15 is 0 Å². The highest BCUT2D eigenvalue weighted by atomic mass is 16.5. The fourth-order valence-electron chi connectivity index (χ4n) is 2.16. The molecule has 1 rings (SSSR count). The molecule has 0 saturated carbocycles. The van der Waals surface area contributed by atoms with Crippen molar-refractivity contribution < 1.29 is 4.74 Å². The van der Waals surface area contributed by atoms with Gasteiger partial charge >= 0.3 is 0 Å². The van der Waals surface area contributed by atoms with Gasteiger partial charge in [0.15, 0.2) is 5.82 Å². The first-order valence-electron chi connectivity index (χ1n) is 8.35. The molecule has 1 aromatic heterocycles. The Morgan fingerprint density at radius 3 is 2.50 bits per heavy atom. The van der Waals surface area contributed by atoms with Crippen molar-refractivity contribution >= 4 is 11.5 Å². The molecule has 0 bridgehead atoms. The summed E-state index contributed by atoms with van der Waals surface area (Å²) < 4.78 is 5.65. The van der Waals surface area contributed by atoms with Gasteiger partial charge in [-0.2, -0.15) is 4.98 Å². The fraction of sp³-hybridized carbons (Fsp3) is 0.750. The molecular weight excluding hydrogens is 278 g/mol. The predicted molar refractivity (Wildman–Crippen MR) is 92.5 cm³/mol. The van der Waals surface area contributed by atoms with Crippen molar-refractivity contribution in [2.45, 2.75) is 47.0 Å². The fourth-order valence-corrected chi connectivity index (χ4v) is 2.16. The Morgan fingerprint density at radius 2 is 1.86 bits per heavy atom. The monoisotopic (exact) mass is 309 g/mol. The summed E-state index contributed by atoms with van der Waals surface area (Å²) in [5, 5.41) is 3.31. The van der Waals surface area contributed by atoms with Crippen LogP contribution in [-0.4, -0.2) is 47.7 Å². The molecule has 0 saturated heterocycles. The first-order chi connectivity index (χ1) is 10.6. The normalized spacial score (nSPS) is 11.0. The molecule has 0 radical (unpaired) electrons. The number of aromatic nitrogens is 2. The summed E-state index contributed by atoms with van der Waals surface area (Å²) in [6, 6.07) is 0. The quantitative estimate of drug-likeness (QED) is 0.612. The zero-order chi connectivity index (χ0) is 16.4. The van der Waals surface area contributed by atoms with E-state index in [0.29, 0.717) is 29.8 Å². The van der Waals surface area contributed by atoms with E-state index in [4.69, 9.17) is 10.5 Å². The van der Waals surface area contributed by atoms with Crippen LogP contribution in [0.25, 0.3) is 0 Å². The summed E-state index contributed by atoms with van der Waals surface area (Å²) in [5.41, 5.74) is 6.61. The number of nitrogens with one attached hydrogen (secondary N) is 1. The first kappa shape index (κ1) is 18.5. The summed E-state index contributed by atoms with van der Waals surface area (Å²) in [4.78, 5) is 11.1. The SMILES string of the molecule is CCCCOc1nc(C)nc(NCCCN(CC)CC)c1N. The van der Waals surface area contributed by atoms with E-state index < -0.39 is 0 Å². The molecule has 1 heterocycles. The molecule has 0 spiro atoms. The van der Waals surface area contributed by atoms with Gasteiger partial charge in [0.2, 0.25) is 5.88 Å². The molecule has 0 aliphatic rings. The molecule has 0 fully saturated rings. The third kappa shape index (κ3) is 6.05. The highest BCUT2D eigenvalue weighted by Gasteiger charge is 2.11. The number of nitrogens with zero attached hydrogens (tertiary/aromatic N) is 3. The molecule has 6 nitrogen and oxygen atoms in total. The van der Waals surface area contributed by atoms with Gasteiger partial charge in [0.25, 0.3) is 0 Å². The Bertz CT molecular complexity index is 435. The van der Waals surface area contributed by atoms with Crippen molar-refractivity contribution in [3.63, 3.8) is 0 Å². The lowest BCUT2D eigenvalue weighted by Gasteiger charge is -2.18. The topological polar surface area (TPSA) is 76.3 Å². The number of hydrogen-bond donors (Lipinski definition) is 2. The standard InChI is InChI=1S/C16H31N5O/c1-5-8-12-22-16-14(17)15(19-13(4)20-16)18-10-9-11-21(6-2)7-3/h5-12,17H2,1-4H3,(H,18,19,20). The maximum Gasteiger partial charge on any atom is 0.242 e. The maximum absolute atomic E-state index is 6.11. The maximum atomic E-state index is 6.11. The summed E-state index contributed by atoms with van der Waals surface area (Å²) in [7, 11) is 0. The van der Waals surface area contributed by atoms with Gasteiger partial charge < -0.3 is 20.7 Å². The Kier molecular flexibility index (Phi) is 8.58. The Morgan fingerprint density at radius 1 is 1.14 bits per heavy atom. The molecular formula is C16H31N5O. The number of nitrogens with two attached hydrogens (primary N) is 1. The van der Waals surface area contributed by atoms with E-state index in [1.165, 1.54) is 0 Å². The molecule has 0 atom stereocenters. The van der Waals surface area contributed by atoms with E-state index in [1.54, 1.807) is 0 Å². The Hall–Kier alpha value is -1.56. The zero-order valence-corrected chi connectivity index (χ0v) is 14.5. The van der Waals surface area contributed by atoms with Gasteiger partial charge in [-0.05, 0) is 39.4 Å². The molecule has 6 heteroatoms. The van der Waals surface area contributed by atoms with Gasteiger partial charge in [0, 0.05) is 6.54 Å². The average molecular weight is 309 g/mol. The molecule has 0 aliphatic carbocycles. The van der Waals surface area contributed by atoms with Crippen LogP contribution in [-0.2, 0) is 0 Å². The largest absolute Gasteiger partial charge is 0.476 e. The van der Waals surface area contributed by atoms with E-state index in [1.807, 2.05) is 6.92 Å². The molecule has 1 aromatic rings. The number of anilines is 2. The average Bonchev–Trinajstić information content (AvgIpc) is 2.51. The van der Waals surface area contributed by atoms with Crippen molar-refractivity contribution in [1.29, 1.82) is 0 Å². The molecule has 0 unspecified atom stereocenters. The third-order valence-corrected chi connectivity index (χ3v) is 3.60. The van der Waals surface area contributed by atoms with Gasteiger partial charge in [-0.1, -0.05) is 27.2 Å². The minimum absolute atomic E-state index is 0.493. The van der Waals surface area contributed by atoms with Crippen molar-refractivity contribution in [3.8, 4) is 5.88 Å². The third-order valence-electron chi connectivity index (χ3n) is 3.60. The van der Waals surface area contributed by atoms with Gasteiger partial charge in [0.1, 0.15) is 11.5 Å². The second kappa shape index (κ2) is 10.2. The smallest absolute Gasteiger partial charge is 0.242 e. The molecule has 0 aromatic carbocycles. The van der Waals surface area contributed by atoms with Gasteiger partial charge in [0.05, 0.1) is 6.61 Å². The Labute approximate surface area is 134 Å². The first-order valence-corrected chi connectivity index (χ1v) is 8.35. The molecule has 22 heavy (non-hydrogen) atoms. The number of unbranched alkanes of at least 4 members (excludes halogenated alkanes) is 1. The number of nitrogen functional groups attached to an aromatic ring is 1. The van der Waals surface area contributed by atoms with E-state index in [9.17, 15) is 0 Å². The van der Waals surface area contributed by atoms with Crippen LogP contribution in [0.5, 0.6) is 5.88 Å². The van der Waals surface area contributed by atoms with E-state index in [-0.39, 0.29) is 0 Å². The summed E-state index contributed by atoms with van der Waals surface area (Å²) in [6.07, 6.45) is 3.13. The summed E-state index contributed by atoms with van der Waals surface area (Å²) in [5.74, 6) is 1.85. The number of hydrogen-bond acceptors (Lipinski definition) is 6. The molecule has 3 N–H and O–H groups in total. The highest BCUT2D eigenvalue weighted by molar-refractivity contribution is 5.66. The number of aryl methyl sites for hydroxylation is 1. The minimum atomic E-state index is 0.493. The lowest BCUT2D eigenvalue weighted by molar-refractivity contribution is 0.298. The van der Waals surface area contributed by atoms with Crippen molar-refractivity contribution in [1.82, 2.24) is 14.9 Å². The second-order valence-electron chi connectivity index (χ2n) is 5.35. The highest BCUT2D eigenvalue weighted by Crippen LogP contribution is 2.26. The van der Waals surface area contributed by atoms with Gasteiger partial charge in [-0.15, -0.1) is 0 Å². The van der Waals surface area contributed by atoms with Gasteiger partial charge in [-0.25, -0.2) is 4.98 Å². The lowest BCUT2D eigenvalue weighted by atomic mass is 10.3. The lowest BCUT2D eigenvalue weighted by Crippen LogP contribution is -2.25. The summed E-state index contributed by atoms with van der Waals surface area (Å²) in [6.45, 7) is 13.1. The number of ether oxygens (including phenoxy) is 1.